The van der Waals surface area contributed by atoms with E-state index < -0.39 is 0 Å². The number of rotatable bonds is 12. The first-order chi connectivity index (χ1) is 10.3. The Morgan fingerprint density at radius 2 is 1.76 bits per heavy atom. The zero-order valence-corrected chi connectivity index (χ0v) is 13.3. The van der Waals surface area contributed by atoms with Crippen LogP contribution >= 0.6 is 0 Å². The van der Waals surface area contributed by atoms with Gasteiger partial charge in [0.25, 0.3) is 0 Å². The number of carbonyl (C=O) groups excluding carboxylic acids is 1. The second kappa shape index (κ2) is 12.2. The van der Waals surface area contributed by atoms with Crippen molar-refractivity contribution in [3.63, 3.8) is 0 Å². The third kappa shape index (κ3) is 9.94. The van der Waals surface area contributed by atoms with Gasteiger partial charge in [0.05, 0.1) is 6.26 Å². The first-order valence-electron chi connectivity index (χ1n) is 8.32. The number of unbranched alkanes of at least 4 members (excludes halogenated alkanes) is 8. The topological polar surface area (TPSA) is 42.2 Å². The molecular formula is C18H29NO2. The first-order valence-corrected chi connectivity index (χ1v) is 8.32. The Labute approximate surface area is 128 Å². The molecule has 0 aromatic carbocycles. The maximum Gasteiger partial charge on any atom is 0.244 e. The zero-order valence-electron chi connectivity index (χ0n) is 13.3. The van der Waals surface area contributed by atoms with E-state index in [2.05, 4.69) is 12.2 Å². The van der Waals surface area contributed by atoms with Crippen LogP contribution in [-0.4, -0.2) is 12.5 Å². The molecule has 3 nitrogen and oxygen atoms in total. The van der Waals surface area contributed by atoms with Crippen LogP contribution in [0.2, 0.25) is 0 Å². The standard InChI is InChI=1S/C18H29NO2/c1-2-3-4-5-6-7-8-9-10-15-19-18(20)14-13-17-12-11-16-21-17/h11-14,16H,2-10,15H2,1H3,(H,19,20). The van der Waals surface area contributed by atoms with E-state index in [0.717, 1.165) is 13.0 Å². The van der Waals surface area contributed by atoms with Gasteiger partial charge >= 0.3 is 0 Å². The maximum absolute atomic E-state index is 11.5. The second-order valence-corrected chi connectivity index (χ2v) is 5.47. The fourth-order valence-corrected chi connectivity index (χ4v) is 2.25. The van der Waals surface area contributed by atoms with Crippen LogP contribution in [0.4, 0.5) is 0 Å². The molecule has 1 heterocycles. The predicted molar refractivity (Wildman–Crippen MR) is 88.0 cm³/mol. The first kappa shape index (κ1) is 17.5. The molecule has 0 fully saturated rings. The predicted octanol–water partition coefficient (Wildman–Crippen LogP) is 4.94. The maximum atomic E-state index is 11.5. The molecule has 1 N–H and O–H groups in total. The summed E-state index contributed by atoms with van der Waals surface area (Å²) in [4.78, 5) is 11.5. The van der Waals surface area contributed by atoms with E-state index in [4.69, 9.17) is 4.42 Å². The quantitative estimate of drug-likeness (QED) is 0.438. The molecule has 1 aromatic heterocycles. The molecule has 0 bridgehead atoms. The molecular weight excluding hydrogens is 262 g/mol. The summed E-state index contributed by atoms with van der Waals surface area (Å²) in [7, 11) is 0. The van der Waals surface area contributed by atoms with Crippen molar-refractivity contribution >= 4 is 12.0 Å². The minimum Gasteiger partial charge on any atom is -0.465 e. The van der Waals surface area contributed by atoms with Gasteiger partial charge in [0.1, 0.15) is 5.76 Å². The lowest BCUT2D eigenvalue weighted by molar-refractivity contribution is -0.116. The molecule has 1 aromatic rings. The Kier molecular flexibility index (Phi) is 10.2. The average Bonchev–Trinajstić information content (AvgIpc) is 3.00. The molecule has 0 aliphatic rings. The molecule has 0 unspecified atom stereocenters. The van der Waals surface area contributed by atoms with E-state index in [0.29, 0.717) is 5.76 Å². The number of furan rings is 1. The van der Waals surface area contributed by atoms with Gasteiger partial charge in [-0.3, -0.25) is 4.79 Å². The summed E-state index contributed by atoms with van der Waals surface area (Å²) in [6.45, 7) is 3.01. The van der Waals surface area contributed by atoms with E-state index in [1.54, 1.807) is 18.4 Å². The van der Waals surface area contributed by atoms with Gasteiger partial charge in [-0.2, -0.15) is 0 Å². The van der Waals surface area contributed by atoms with Crippen LogP contribution in [-0.2, 0) is 4.79 Å². The van der Waals surface area contributed by atoms with Gasteiger partial charge in [0.2, 0.25) is 5.91 Å². The molecule has 3 heteroatoms. The lowest BCUT2D eigenvalue weighted by Crippen LogP contribution is -2.21. The van der Waals surface area contributed by atoms with E-state index in [1.807, 2.05) is 6.07 Å². The Morgan fingerprint density at radius 1 is 1.10 bits per heavy atom. The number of amides is 1. The van der Waals surface area contributed by atoms with E-state index in [1.165, 1.54) is 57.4 Å². The van der Waals surface area contributed by atoms with Crippen molar-refractivity contribution in [2.45, 2.75) is 64.7 Å². The van der Waals surface area contributed by atoms with Crippen molar-refractivity contribution in [1.82, 2.24) is 5.32 Å². The Hall–Kier alpha value is -1.51. The Bertz CT molecular complexity index is 382. The van der Waals surface area contributed by atoms with Crippen LogP contribution in [0.25, 0.3) is 6.08 Å². The molecule has 0 spiro atoms. The van der Waals surface area contributed by atoms with Crippen LogP contribution < -0.4 is 5.32 Å². The third-order valence-electron chi connectivity index (χ3n) is 3.52. The Morgan fingerprint density at radius 3 is 2.38 bits per heavy atom. The summed E-state index contributed by atoms with van der Waals surface area (Å²) < 4.78 is 5.12. The van der Waals surface area contributed by atoms with Crippen molar-refractivity contribution in [1.29, 1.82) is 0 Å². The largest absolute Gasteiger partial charge is 0.465 e. The smallest absolute Gasteiger partial charge is 0.244 e. The summed E-state index contributed by atoms with van der Waals surface area (Å²) in [6.07, 6.45) is 16.5. The van der Waals surface area contributed by atoms with Crippen LogP contribution in [0.1, 0.15) is 70.5 Å². The van der Waals surface area contributed by atoms with Gasteiger partial charge in [-0.1, -0.05) is 58.3 Å². The highest BCUT2D eigenvalue weighted by Crippen LogP contribution is 2.09. The molecule has 1 rings (SSSR count). The summed E-state index contributed by atoms with van der Waals surface area (Å²) in [5.74, 6) is 0.652. The van der Waals surface area contributed by atoms with Crippen molar-refractivity contribution in [3.05, 3.63) is 30.2 Å². The highest BCUT2D eigenvalue weighted by Gasteiger charge is 1.96. The van der Waals surface area contributed by atoms with Gasteiger partial charge in [-0.05, 0) is 24.6 Å². The molecule has 21 heavy (non-hydrogen) atoms. The monoisotopic (exact) mass is 291 g/mol. The molecule has 0 saturated carbocycles. The molecule has 0 radical (unpaired) electrons. The molecule has 0 atom stereocenters. The van der Waals surface area contributed by atoms with Crippen LogP contribution in [0, 0.1) is 0 Å². The number of hydrogen-bond donors (Lipinski definition) is 1. The molecule has 1 amide bonds. The minimum absolute atomic E-state index is 0.0500. The van der Waals surface area contributed by atoms with Crippen molar-refractivity contribution in [2.24, 2.45) is 0 Å². The summed E-state index contributed by atoms with van der Waals surface area (Å²) in [5, 5.41) is 2.90. The number of nitrogens with one attached hydrogen (secondary N) is 1. The van der Waals surface area contributed by atoms with Gasteiger partial charge in [0.15, 0.2) is 0 Å². The van der Waals surface area contributed by atoms with Crippen LogP contribution in [0.3, 0.4) is 0 Å². The number of hydrogen-bond acceptors (Lipinski definition) is 2. The van der Waals surface area contributed by atoms with E-state index in [9.17, 15) is 4.79 Å². The molecule has 0 aliphatic heterocycles. The fourth-order valence-electron chi connectivity index (χ4n) is 2.25. The van der Waals surface area contributed by atoms with Crippen molar-refractivity contribution in [2.75, 3.05) is 6.54 Å². The van der Waals surface area contributed by atoms with Gasteiger partial charge in [0, 0.05) is 12.6 Å². The summed E-state index contributed by atoms with van der Waals surface area (Å²) in [5.41, 5.74) is 0. The van der Waals surface area contributed by atoms with Gasteiger partial charge in [-0.25, -0.2) is 0 Å². The van der Waals surface area contributed by atoms with E-state index in [-0.39, 0.29) is 5.91 Å². The molecule has 0 aliphatic carbocycles. The number of carbonyl (C=O) groups is 1. The second-order valence-electron chi connectivity index (χ2n) is 5.47. The summed E-state index contributed by atoms with van der Waals surface area (Å²) in [6, 6.07) is 3.63. The Balaban J connectivity index is 1.88. The zero-order chi connectivity index (χ0) is 15.2. The highest BCUT2D eigenvalue weighted by molar-refractivity contribution is 5.91. The van der Waals surface area contributed by atoms with Crippen molar-refractivity contribution in [3.8, 4) is 0 Å². The van der Waals surface area contributed by atoms with Gasteiger partial charge < -0.3 is 9.73 Å². The fraction of sp³-hybridized carbons (Fsp3) is 0.611. The lowest BCUT2D eigenvalue weighted by atomic mass is 10.1. The van der Waals surface area contributed by atoms with Crippen molar-refractivity contribution < 1.29 is 9.21 Å². The lowest BCUT2D eigenvalue weighted by Gasteiger charge is -2.03. The summed E-state index contributed by atoms with van der Waals surface area (Å²) >= 11 is 0. The molecule has 0 saturated heterocycles. The van der Waals surface area contributed by atoms with Crippen LogP contribution in [0.15, 0.2) is 28.9 Å². The van der Waals surface area contributed by atoms with E-state index >= 15 is 0 Å². The molecule has 118 valence electrons. The minimum atomic E-state index is -0.0500. The van der Waals surface area contributed by atoms with Crippen LogP contribution in [0.5, 0.6) is 0 Å². The SMILES string of the molecule is CCCCCCCCCCCNC(=O)C=Cc1ccco1. The highest BCUT2D eigenvalue weighted by atomic mass is 16.3. The normalized spacial score (nSPS) is 11.1. The average molecular weight is 291 g/mol. The van der Waals surface area contributed by atoms with Gasteiger partial charge in [-0.15, -0.1) is 0 Å². The third-order valence-corrected chi connectivity index (χ3v) is 3.52.